The molecule has 4 heteroatoms. The summed E-state index contributed by atoms with van der Waals surface area (Å²) in [5.41, 5.74) is 1.23. The summed E-state index contributed by atoms with van der Waals surface area (Å²) >= 11 is 3.46. The third-order valence-corrected chi connectivity index (χ3v) is 3.50. The van der Waals surface area contributed by atoms with Gasteiger partial charge >= 0.3 is 0 Å². The largest absolute Gasteiger partial charge is 0.381 e. The molecule has 0 aromatic carbocycles. The molecule has 0 aliphatic carbocycles. The quantitative estimate of drug-likeness (QED) is 0.926. The molecule has 2 unspecified atom stereocenters. The zero-order valence-corrected chi connectivity index (χ0v) is 11.0. The lowest BCUT2D eigenvalue weighted by molar-refractivity contribution is 0.0401. The van der Waals surface area contributed by atoms with Gasteiger partial charge in [0.15, 0.2) is 0 Å². The van der Waals surface area contributed by atoms with Gasteiger partial charge in [-0.3, -0.25) is 4.98 Å². The van der Waals surface area contributed by atoms with Crippen LogP contribution >= 0.6 is 15.9 Å². The summed E-state index contributed by atoms with van der Waals surface area (Å²) in [5, 5.41) is 3.37. The molecular weight excluding hydrogens is 268 g/mol. The Bertz CT molecular complexity index is 340. The lowest BCUT2D eigenvalue weighted by Gasteiger charge is -2.30. The monoisotopic (exact) mass is 284 g/mol. The first-order valence-electron chi connectivity index (χ1n) is 5.66. The molecular formula is C12H17BrN2O. The average Bonchev–Trinajstić information content (AvgIpc) is 2.31. The number of nitrogens with zero attached hydrogens (tertiary/aromatic N) is 1. The second-order valence-corrected chi connectivity index (χ2v) is 5.10. The third-order valence-electron chi connectivity index (χ3n) is 3.06. The van der Waals surface area contributed by atoms with Gasteiger partial charge in [0.05, 0.1) is 6.61 Å². The highest BCUT2D eigenvalue weighted by molar-refractivity contribution is 9.10. The Kier molecular flexibility index (Phi) is 4.32. The average molecular weight is 285 g/mol. The van der Waals surface area contributed by atoms with Crippen LogP contribution in [0.15, 0.2) is 22.9 Å². The molecule has 1 N–H and O–H groups in total. The highest BCUT2D eigenvalue weighted by Crippen LogP contribution is 2.29. The number of nitrogens with one attached hydrogen (secondary N) is 1. The van der Waals surface area contributed by atoms with E-state index in [0.717, 1.165) is 24.1 Å². The van der Waals surface area contributed by atoms with Crippen molar-refractivity contribution in [1.29, 1.82) is 0 Å². The molecule has 2 heterocycles. The Morgan fingerprint density at radius 3 is 3.06 bits per heavy atom. The van der Waals surface area contributed by atoms with Crippen LogP contribution in [0.25, 0.3) is 0 Å². The lowest BCUT2D eigenvalue weighted by atomic mass is 9.89. The minimum absolute atomic E-state index is 0.338. The predicted octanol–water partition coefficient (Wildman–Crippen LogP) is 2.53. The molecule has 1 aromatic rings. The summed E-state index contributed by atoms with van der Waals surface area (Å²) in [6.45, 7) is 1.75. The van der Waals surface area contributed by atoms with Crippen LogP contribution in [0, 0.1) is 5.92 Å². The number of ether oxygens (including phenoxy) is 1. The van der Waals surface area contributed by atoms with E-state index in [-0.39, 0.29) is 0 Å². The molecule has 16 heavy (non-hydrogen) atoms. The minimum Gasteiger partial charge on any atom is -0.381 e. The van der Waals surface area contributed by atoms with E-state index in [1.54, 1.807) is 0 Å². The molecule has 1 aromatic heterocycles. The summed E-state index contributed by atoms with van der Waals surface area (Å²) < 4.78 is 6.57. The van der Waals surface area contributed by atoms with E-state index < -0.39 is 0 Å². The molecule has 1 aliphatic rings. The summed E-state index contributed by atoms with van der Waals surface area (Å²) in [4.78, 5) is 4.22. The predicted molar refractivity (Wildman–Crippen MR) is 67.3 cm³/mol. The maximum Gasteiger partial charge on any atom is 0.0512 e. The third kappa shape index (κ3) is 2.81. The van der Waals surface area contributed by atoms with Crippen LogP contribution in [0.4, 0.5) is 0 Å². The van der Waals surface area contributed by atoms with Crippen molar-refractivity contribution in [2.24, 2.45) is 5.92 Å². The highest BCUT2D eigenvalue weighted by Gasteiger charge is 2.24. The van der Waals surface area contributed by atoms with Crippen molar-refractivity contribution < 1.29 is 4.74 Å². The van der Waals surface area contributed by atoms with Crippen molar-refractivity contribution in [1.82, 2.24) is 10.3 Å². The maximum atomic E-state index is 5.54. The number of hydrogen-bond donors (Lipinski definition) is 1. The van der Waals surface area contributed by atoms with Crippen LogP contribution in [0.5, 0.6) is 0 Å². The standard InChI is InChI=1S/C12H17BrN2O/c1-14-12(9-3-2-4-16-8-9)10-5-11(13)7-15-6-10/h5-7,9,12,14H,2-4,8H2,1H3. The summed E-state index contributed by atoms with van der Waals surface area (Å²) in [6.07, 6.45) is 6.12. The number of pyridine rings is 1. The van der Waals surface area contributed by atoms with E-state index in [4.69, 9.17) is 4.74 Å². The van der Waals surface area contributed by atoms with Crippen LogP contribution in [0.1, 0.15) is 24.4 Å². The second-order valence-electron chi connectivity index (χ2n) is 4.18. The van der Waals surface area contributed by atoms with Gasteiger partial charge in [0, 0.05) is 35.4 Å². The zero-order valence-electron chi connectivity index (χ0n) is 9.45. The van der Waals surface area contributed by atoms with Gasteiger partial charge in [-0.05, 0) is 47.4 Å². The van der Waals surface area contributed by atoms with Crippen molar-refractivity contribution in [2.45, 2.75) is 18.9 Å². The Morgan fingerprint density at radius 2 is 2.44 bits per heavy atom. The van der Waals surface area contributed by atoms with Crippen molar-refractivity contribution in [3.63, 3.8) is 0 Å². The number of hydrogen-bond acceptors (Lipinski definition) is 3. The van der Waals surface area contributed by atoms with E-state index in [9.17, 15) is 0 Å². The van der Waals surface area contributed by atoms with Crippen molar-refractivity contribution in [3.05, 3.63) is 28.5 Å². The van der Waals surface area contributed by atoms with E-state index in [0.29, 0.717) is 12.0 Å². The molecule has 0 spiro atoms. The second kappa shape index (κ2) is 5.75. The maximum absolute atomic E-state index is 5.54. The fraction of sp³-hybridized carbons (Fsp3) is 0.583. The molecule has 0 amide bonds. The van der Waals surface area contributed by atoms with Gasteiger partial charge in [-0.1, -0.05) is 0 Å². The fourth-order valence-corrected chi connectivity index (χ4v) is 2.68. The van der Waals surface area contributed by atoms with Gasteiger partial charge in [0.1, 0.15) is 0 Å². The van der Waals surface area contributed by atoms with Crippen LogP contribution < -0.4 is 5.32 Å². The molecule has 0 radical (unpaired) electrons. The molecule has 2 rings (SSSR count). The summed E-state index contributed by atoms with van der Waals surface area (Å²) in [7, 11) is 2.00. The molecule has 0 saturated carbocycles. The van der Waals surface area contributed by atoms with E-state index in [2.05, 4.69) is 32.3 Å². The lowest BCUT2D eigenvalue weighted by Crippen LogP contribution is -2.31. The van der Waals surface area contributed by atoms with Crippen molar-refractivity contribution in [3.8, 4) is 0 Å². The first kappa shape index (κ1) is 12.0. The van der Waals surface area contributed by atoms with Crippen LogP contribution in [-0.2, 0) is 4.74 Å². The van der Waals surface area contributed by atoms with Crippen LogP contribution in [0.3, 0.4) is 0 Å². The van der Waals surface area contributed by atoms with Gasteiger partial charge in [-0.15, -0.1) is 0 Å². The van der Waals surface area contributed by atoms with Gasteiger partial charge in [-0.25, -0.2) is 0 Å². The smallest absolute Gasteiger partial charge is 0.0512 e. The van der Waals surface area contributed by atoms with E-state index in [1.807, 2.05) is 19.4 Å². The molecule has 1 aliphatic heterocycles. The number of halogens is 1. The molecule has 2 atom stereocenters. The Morgan fingerprint density at radius 1 is 1.56 bits per heavy atom. The first-order chi connectivity index (χ1) is 7.81. The Hall–Kier alpha value is -0.450. The van der Waals surface area contributed by atoms with Gasteiger partial charge < -0.3 is 10.1 Å². The van der Waals surface area contributed by atoms with Gasteiger partial charge in [-0.2, -0.15) is 0 Å². The highest BCUT2D eigenvalue weighted by atomic mass is 79.9. The molecule has 88 valence electrons. The fourth-order valence-electron chi connectivity index (χ4n) is 2.30. The van der Waals surface area contributed by atoms with E-state index in [1.165, 1.54) is 12.0 Å². The van der Waals surface area contributed by atoms with E-state index >= 15 is 0 Å². The molecule has 1 fully saturated rings. The first-order valence-corrected chi connectivity index (χ1v) is 6.46. The molecule has 0 bridgehead atoms. The summed E-state index contributed by atoms with van der Waals surface area (Å²) in [5.74, 6) is 0.551. The normalized spacial score (nSPS) is 23.0. The van der Waals surface area contributed by atoms with Gasteiger partial charge in [0.2, 0.25) is 0 Å². The minimum atomic E-state index is 0.338. The van der Waals surface area contributed by atoms with Crippen molar-refractivity contribution in [2.75, 3.05) is 20.3 Å². The van der Waals surface area contributed by atoms with Gasteiger partial charge in [0.25, 0.3) is 0 Å². The molecule has 3 nitrogen and oxygen atoms in total. The zero-order chi connectivity index (χ0) is 11.4. The Labute approximate surface area is 105 Å². The number of rotatable bonds is 3. The van der Waals surface area contributed by atoms with Crippen LogP contribution in [-0.4, -0.2) is 25.2 Å². The Balaban J connectivity index is 2.14. The number of aromatic nitrogens is 1. The van der Waals surface area contributed by atoms with Crippen LogP contribution in [0.2, 0.25) is 0 Å². The topological polar surface area (TPSA) is 34.2 Å². The SMILES string of the molecule is CNC(c1cncc(Br)c1)C1CCCOC1. The van der Waals surface area contributed by atoms with Crippen molar-refractivity contribution >= 4 is 15.9 Å². The molecule has 1 saturated heterocycles. The summed E-state index contributed by atoms with van der Waals surface area (Å²) in [6, 6.07) is 2.47.